The van der Waals surface area contributed by atoms with E-state index in [0.29, 0.717) is 5.92 Å². The van der Waals surface area contributed by atoms with Crippen LogP contribution in [0.3, 0.4) is 0 Å². The number of carboxylic acid groups (broad SMARTS) is 1. The molecule has 0 radical (unpaired) electrons. The topological polar surface area (TPSA) is 72.9 Å². The van der Waals surface area contributed by atoms with E-state index < -0.39 is 5.97 Å². The summed E-state index contributed by atoms with van der Waals surface area (Å²) in [6.07, 6.45) is 5.47. The predicted octanol–water partition coefficient (Wildman–Crippen LogP) is 2.14. The molecule has 6 nitrogen and oxygen atoms in total. The van der Waals surface area contributed by atoms with Gasteiger partial charge in [0.2, 0.25) is 0 Å². The number of likely N-dealkylation sites (N-methyl/N-ethyl adjacent to an activating group) is 1. The minimum Gasteiger partial charge on any atom is -0.480 e. The van der Waals surface area contributed by atoms with Crippen molar-refractivity contribution in [3.8, 4) is 0 Å². The molecular weight excluding hydrogens is 294 g/mol. The molecule has 0 spiro atoms. The van der Waals surface area contributed by atoms with Gasteiger partial charge in [-0.1, -0.05) is 13.3 Å². The van der Waals surface area contributed by atoms with Crippen LogP contribution in [0.4, 0.5) is 4.79 Å². The first-order valence-corrected chi connectivity index (χ1v) is 8.93. The van der Waals surface area contributed by atoms with E-state index in [2.05, 4.69) is 19.2 Å². The van der Waals surface area contributed by atoms with Crippen LogP contribution < -0.4 is 5.32 Å². The van der Waals surface area contributed by atoms with E-state index in [-0.39, 0.29) is 30.7 Å². The van der Waals surface area contributed by atoms with Crippen LogP contribution in [0.5, 0.6) is 0 Å². The number of hydrogen-bond donors (Lipinski definition) is 2. The zero-order valence-electron chi connectivity index (χ0n) is 14.6. The van der Waals surface area contributed by atoms with Gasteiger partial charge < -0.3 is 15.3 Å². The number of amides is 2. The Kier molecular flexibility index (Phi) is 6.27. The fourth-order valence-corrected chi connectivity index (χ4v) is 3.42. The Morgan fingerprint density at radius 2 is 1.91 bits per heavy atom. The highest BCUT2D eigenvalue weighted by atomic mass is 16.4. The van der Waals surface area contributed by atoms with Gasteiger partial charge in [-0.05, 0) is 52.0 Å². The standard InChI is InChI=1S/C17H31N3O3/c1-4-19(11-16(21)22)15-8-14(9-15)18-17(23)20(12(2)3)10-13-6-5-7-13/h12-15H,4-11H2,1-3H3,(H,18,23)(H,21,22). The van der Waals surface area contributed by atoms with E-state index in [1.165, 1.54) is 19.3 Å². The average Bonchev–Trinajstić information content (AvgIpc) is 2.37. The first-order valence-electron chi connectivity index (χ1n) is 8.93. The van der Waals surface area contributed by atoms with Crippen molar-refractivity contribution in [1.82, 2.24) is 15.1 Å². The monoisotopic (exact) mass is 325 g/mol. The van der Waals surface area contributed by atoms with Gasteiger partial charge in [-0.15, -0.1) is 0 Å². The fraction of sp³-hybridized carbons (Fsp3) is 0.882. The van der Waals surface area contributed by atoms with Crippen molar-refractivity contribution in [2.24, 2.45) is 5.92 Å². The van der Waals surface area contributed by atoms with Gasteiger partial charge in [0.1, 0.15) is 0 Å². The number of aliphatic carboxylic acids is 1. The summed E-state index contributed by atoms with van der Waals surface area (Å²) in [5.74, 6) is -0.116. The number of nitrogens with one attached hydrogen (secondary N) is 1. The van der Waals surface area contributed by atoms with Gasteiger partial charge in [0, 0.05) is 24.7 Å². The van der Waals surface area contributed by atoms with Crippen molar-refractivity contribution in [2.45, 2.75) is 71.0 Å². The van der Waals surface area contributed by atoms with Crippen LogP contribution in [-0.4, -0.2) is 64.7 Å². The number of carbonyl (C=O) groups excluding carboxylic acids is 1. The number of carbonyl (C=O) groups is 2. The molecule has 2 fully saturated rings. The molecule has 0 saturated heterocycles. The second-order valence-corrected chi connectivity index (χ2v) is 7.27. The lowest BCUT2D eigenvalue weighted by atomic mass is 9.84. The number of hydrogen-bond acceptors (Lipinski definition) is 3. The molecule has 0 aliphatic heterocycles. The molecule has 2 rings (SSSR count). The van der Waals surface area contributed by atoms with Gasteiger partial charge in [0.05, 0.1) is 6.54 Å². The summed E-state index contributed by atoms with van der Waals surface area (Å²) in [7, 11) is 0. The van der Waals surface area contributed by atoms with Crippen molar-refractivity contribution < 1.29 is 14.7 Å². The van der Waals surface area contributed by atoms with Crippen LogP contribution in [0, 0.1) is 5.92 Å². The van der Waals surface area contributed by atoms with Crippen LogP contribution in [0.2, 0.25) is 0 Å². The molecule has 0 heterocycles. The summed E-state index contributed by atoms with van der Waals surface area (Å²) in [6.45, 7) is 7.79. The van der Waals surface area contributed by atoms with Crippen molar-refractivity contribution in [1.29, 1.82) is 0 Å². The normalized spacial score (nSPS) is 24.2. The van der Waals surface area contributed by atoms with Crippen LogP contribution in [-0.2, 0) is 4.79 Å². The van der Waals surface area contributed by atoms with E-state index in [0.717, 1.165) is 25.9 Å². The zero-order valence-corrected chi connectivity index (χ0v) is 14.6. The Hall–Kier alpha value is -1.30. The molecule has 2 N–H and O–H groups in total. The number of nitrogens with zero attached hydrogens (tertiary/aromatic N) is 2. The predicted molar refractivity (Wildman–Crippen MR) is 89.4 cm³/mol. The Labute approximate surface area is 139 Å². The first-order chi connectivity index (χ1) is 10.9. The van der Waals surface area contributed by atoms with Crippen molar-refractivity contribution in [2.75, 3.05) is 19.6 Å². The molecule has 6 heteroatoms. The summed E-state index contributed by atoms with van der Waals surface area (Å²) >= 11 is 0. The zero-order chi connectivity index (χ0) is 17.0. The lowest BCUT2D eigenvalue weighted by Gasteiger charge is -2.43. The molecule has 0 unspecified atom stereocenters. The second-order valence-electron chi connectivity index (χ2n) is 7.27. The first kappa shape index (κ1) is 18.0. The quantitative estimate of drug-likeness (QED) is 0.717. The Bertz CT molecular complexity index is 417. The molecule has 0 aromatic carbocycles. The largest absolute Gasteiger partial charge is 0.480 e. The third-order valence-corrected chi connectivity index (χ3v) is 5.27. The van der Waals surface area contributed by atoms with E-state index in [1.807, 2.05) is 16.7 Å². The number of rotatable bonds is 8. The maximum absolute atomic E-state index is 12.5. The Morgan fingerprint density at radius 3 is 2.35 bits per heavy atom. The third kappa shape index (κ3) is 4.83. The van der Waals surface area contributed by atoms with Crippen LogP contribution >= 0.6 is 0 Å². The lowest BCUT2D eigenvalue weighted by molar-refractivity contribution is -0.139. The molecule has 2 aliphatic carbocycles. The smallest absolute Gasteiger partial charge is 0.317 e. The third-order valence-electron chi connectivity index (χ3n) is 5.27. The van der Waals surface area contributed by atoms with Crippen molar-refractivity contribution >= 4 is 12.0 Å². The maximum Gasteiger partial charge on any atom is 0.317 e. The van der Waals surface area contributed by atoms with Crippen LogP contribution in [0.25, 0.3) is 0 Å². The van der Waals surface area contributed by atoms with Gasteiger partial charge in [0.15, 0.2) is 0 Å². The van der Waals surface area contributed by atoms with Gasteiger partial charge in [0.25, 0.3) is 0 Å². The minimum atomic E-state index is -0.786. The summed E-state index contributed by atoms with van der Waals surface area (Å²) in [5, 5.41) is 12.0. The summed E-state index contributed by atoms with van der Waals surface area (Å²) in [4.78, 5) is 27.3. The van der Waals surface area contributed by atoms with E-state index >= 15 is 0 Å². The number of carboxylic acids is 1. The molecular formula is C17H31N3O3. The van der Waals surface area contributed by atoms with E-state index in [1.54, 1.807) is 0 Å². The highest BCUT2D eigenvalue weighted by Gasteiger charge is 2.36. The average molecular weight is 325 g/mol. The lowest BCUT2D eigenvalue weighted by Crippen LogP contribution is -2.58. The van der Waals surface area contributed by atoms with Crippen molar-refractivity contribution in [3.63, 3.8) is 0 Å². The molecule has 2 saturated carbocycles. The Morgan fingerprint density at radius 1 is 1.26 bits per heavy atom. The molecule has 0 aromatic heterocycles. The molecule has 132 valence electrons. The fourth-order valence-electron chi connectivity index (χ4n) is 3.42. The number of urea groups is 1. The van der Waals surface area contributed by atoms with Crippen LogP contribution in [0.1, 0.15) is 52.9 Å². The van der Waals surface area contributed by atoms with E-state index in [9.17, 15) is 9.59 Å². The summed E-state index contributed by atoms with van der Waals surface area (Å²) < 4.78 is 0. The van der Waals surface area contributed by atoms with Gasteiger partial charge >= 0.3 is 12.0 Å². The highest BCUT2D eigenvalue weighted by Crippen LogP contribution is 2.29. The SMILES string of the molecule is CCN(CC(=O)O)C1CC(NC(=O)N(CC2CCC2)C(C)C)C1. The van der Waals surface area contributed by atoms with E-state index in [4.69, 9.17) is 5.11 Å². The molecule has 2 amide bonds. The second kappa shape index (κ2) is 7.99. The minimum absolute atomic E-state index is 0.0385. The van der Waals surface area contributed by atoms with Crippen LogP contribution in [0.15, 0.2) is 0 Å². The molecule has 2 aliphatic rings. The molecule has 0 atom stereocenters. The molecule has 0 bridgehead atoms. The molecule has 0 aromatic rings. The van der Waals surface area contributed by atoms with Gasteiger partial charge in [-0.25, -0.2) is 4.79 Å². The van der Waals surface area contributed by atoms with Gasteiger partial charge in [-0.2, -0.15) is 0 Å². The molecule has 23 heavy (non-hydrogen) atoms. The maximum atomic E-state index is 12.5. The van der Waals surface area contributed by atoms with Gasteiger partial charge in [-0.3, -0.25) is 9.69 Å². The highest BCUT2D eigenvalue weighted by molar-refractivity contribution is 5.75. The Balaban J connectivity index is 1.76. The summed E-state index contributed by atoms with van der Waals surface area (Å²) in [5.41, 5.74) is 0. The van der Waals surface area contributed by atoms with Crippen molar-refractivity contribution in [3.05, 3.63) is 0 Å². The summed E-state index contributed by atoms with van der Waals surface area (Å²) in [6, 6.07) is 0.709.